The Hall–Kier alpha value is -0.0800. The number of ether oxygens (including phenoxy) is 1. The highest BCUT2D eigenvalue weighted by Gasteiger charge is 2.40. The highest BCUT2D eigenvalue weighted by atomic mass is 16.5. The highest BCUT2D eigenvalue weighted by molar-refractivity contribution is 4.92. The van der Waals surface area contributed by atoms with Gasteiger partial charge in [0, 0.05) is 20.2 Å². The van der Waals surface area contributed by atoms with Crippen molar-refractivity contribution in [3.63, 3.8) is 0 Å². The van der Waals surface area contributed by atoms with Gasteiger partial charge in [0.25, 0.3) is 0 Å². The Bertz CT molecular complexity index is 154. The monoisotopic (exact) mass is 199 g/mol. The molecule has 0 amide bonds. The molecule has 0 heterocycles. The predicted octanol–water partition coefficient (Wildman–Crippen LogP) is 2.44. The van der Waals surface area contributed by atoms with Crippen molar-refractivity contribution in [3.05, 3.63) is 0 Å². The Balaban J connectivity index is 2.23. The molecule has 1 N–H and O–H groups in total. The number of hydrogen-bond acceptors (Lipinski definition) is 2. The van der Waals surface area contributed by atoms with Crippen LogP contribution in [0.3, 0.4) is 0 Å². The van der Waals surface area contributed by atoms with Gasteiger partial charge in [-0.1, -0.05) is 26.7 Å². The van der Waals surface area contributed by atoms with Crippen molar-refractivity contribution in [3.8, 4) is 0 Å². The van der Waals surface area contributed by atoms with Crippen LogP contribution in [0.4, 0.5) is 0 Å². The summed E-state index contributed by atoms with van der Waals surface area (Å²) in [7, 11) is 1.76. The van der Waals surface area contributed by atoms with Gasteiger partial charge in [-0.2, -0.15) is 0 Å². The molecule has 0 aromatic carbocycles. The van der Waals surface area contributed by atoms with Gasteiger partial charge in [0.05, 0.1) is 6.61 Å². The number of hydrogen-bond donors (Lipinski definition) is 1. The van der Waals surface area contributed by atoms with E-state index in [2.05, 4.69) is 19.2 Å². The molecule has 2 heteroatoms. The summed E-state index contributed by atoms with van der Waals surface area (Å²) in [5, 5.41) is 3.52. The summed E-state index contributed by atoms with van der Waals surface area (Å²) in [5.74, 6) is 0.867. The second-order valence-electron chi connectivity index (χ2n) is 4.69. The maximum absolute atomic E-state index is 5.03. The van der Waals surface area contributed by atoms with E-state index in [0.717, 1.165) is 19.1 Å². The van der Waals surface area contributed by atoms with E-state index >= 15 is 0 Å². The van der Waals surface area contributed by atoms with Gasteiger partial charge in [-0.25, -0.2) is 0 Å². The van der Waals surface area contributed by atoms with Gasteiger partial charge in [-0.15, -0.1) is 0 Å². The van der Waals surface area contributed by atoms with Gasteiger partial charge < -0.3 is 10.1 Å². The van der Waals surface area contributed by atoms with Crippen LogP contribution in [0.2, 0.25) is 0 Å². The number of methoxy groups -OCH3 is 1. The van der Waals surface area contributed by atoms with E-state index < -0.39 is 0 Å². The van der Waals surface area contributed by atoms with Crippen LogP contribution < -0.4 is 5.32 Å². The maximum atomic E-state index is 5.03. The third-order valence-electron chi connectivity index (χ3n) is 3.97. The molecule has 1 aliphatic carbocycles. The van der Waals surface area contributed by atoms with Crippen LogP contribution in [-0.4, -0.2) is 26.8 Å². The fraction of sp³-hybridized carbons (Fsp3) is 1.00. The molecule has 1 atom stereocenters. The minimum absolute atomic E-state index is 0.614. The molecular weight excluding hydrogens is 174 g/mol. The lowest BCUT2D eigenvalue weighted by Crippen LogP contribution is -2.45. The average molecular weight is 199 g/mol. The Labute approximate surface area is 88.4 Å². The molecule has 0 radical (unpaired) electrons. The van der Waals surface area contributed by atoms with Gasteiger partial charge in [0.1, 0.15) is 0 Å². The van der Waals surface area contributed by atoms with Gasteiger partial charge in [-0.05, 0) is 24.2 Å². The van der Waals surface area contributed by atoms with Crippen molar-refractivity contribution in [1.29, 1.82) is 0 Å². The van der Waals surface area contributed by atoms with Gasteiger partial charge in [-0.3, -0.25) is 0 Å². The molecule has 14 heavy (non-hydrogen) atoms. The first-order chi connectivity index (χ1) is 6.75. The van der Waals surface area contributed by atoms with Crippen LogP contribution in [0.25, 0.3) is 0 Å². The van der Waals surface area contributed by atoms with E-state index in [0.29, 0.717) is 5.41 Å². The van der Waals surface area contributed by atoms with Crippen LogP contribution in [0.15, 0.2) is 0 Å². The summed E-state index contributed by atoms with van der Waals surface area (Å²) in [6.07, 6.45) is 5.58. The standard InChI is InChI=1S/C12H25NO/c1-4-11(2)12(6-5-7-12)10-13-8-9-14-3/h11,13H,4-10H2,1-3H3. The van der Waals surface area contributed by atoms with E-state index in [1.165, 1.54) is 32.2 Å². The molecule has 1 saturated carbocycles. The highest BCUT2D eigenvalue weighted by Crippen LogP contribution is 2.47. The zero-order chi connectivity index (χ0) is 10.4. The van der Waals surface area contributed by atoms with Crippen molar-refractivity contribution in [2.45, 2.75) is 39.5 Å². The van der Waals surface area contributed by atoms with E-state index in [4.69, 9.17) is 4.74 Å². The van der Waals surface area contributed by atoms with E-state index in [9.17, 15) is 0 Å². The molecule has 1 unspecified atom stereocenters. The third kappa shape index (κ3) is 2.71. The fourth-order valence-electron chi connectivity index (χ4n) is 2.42. The molecule has 0 saturated heterocycles. The molecule has 0 aromatic heterocycles. The summed E-state index contributed by atoms with van der Waals surface area (Å²) >= 11 is 0. The number of nitrogens with one attached hydrogen (secondary N) is 1. The summed E-state index contributed by atoms with van der Waals surface area (Å²) in [4.78, 5) is 0. The molecule has 1 rings (SSSR count). The van der Waals surface area contributed by atoms with Crippen LogP contribution >= 0.6 is 0 Å². The largest absolute Gasteiger partial charge is 0.383 e. The van der Waals surface area contributed by atoms with Crippen molar-refractivity contribution < 1.29 is 4.74 Å². The topological polar surface area (TPSA) is 21.3 Å². The quantitative estimate of drug-likeness (QED) is 0.636. The first-order valence-corrected chi connectivity index (χ1v) is 5.95. The number of rotatable bonds is 7. The average Bonchev–Trinajstić information content (AvgIpc) is 2.14. The Morgan fingerprint density at radius 2 is 2.14 bits per heavy atom. The van der Waals surface area contributed by atoms with Gasteiger partial charge in [0.2, 0.25) is 0 Å². The summed E-state index contributed by atoms with van der Waals surface area (Å²) in [6.45, 7) is 7.72. The molecule has 2 nitrogen and oxygen atoms in total. The van der Waals surface area contributed by atoms with Crippen molar-refractivity contribution >= 4 is 0 Å². The van der Waals surface area contributed by atoms with Crippen LogP contribution in [0, 0.1) is 11.3 Å². The molecule has 1 fully saturated rings. The second kappa shape index (κ2) is 5.72. The van der Waals surface area contributed by atoms with Crippen LogP contribution in [-0.2, 0) is 4.74 Å². The Kier molecular flexibility index (Phi) is 4.90. The van der Waals surface area contributed by atoms with Crippen molar-refractivity contribution in [1.82, 2.24) is 5.32 Å². The molecule has 1 aliphatic rings. The molecular formula is C12H25NO. The zero-order valence-corrected chi connectivity index (χ0v) is 9.94. The summed E-state index contributed by atoms with van der Waals surface area (Å²) < 4.78 is 5.03. The van der Waals surface area contributed by atoms with Gasteiger partial charge >= 0.3 is 0 Å². The normalized spacial score (nSPS) is 21.6. The molecule has 84 valence electrons. The summed E-state index contributed by atoms with van der Waals surface area (Å²) in [6, 6.07) is 0. The zero-order valence-electron chi connectivity index (χ0n) is 9.94. The van der Waals surface area contributed by atoms with Crippen LogP contribution in [0.1, 0.15) is 39.5 Å². The SMILES string of the molecule is CCC(C)C1(CNCCOC)CCC1. The maximum Gasteiger partial charge on any atom is 0.0587 e. The first-order valence-electron chi connectivity index (χ1n) is 5.95. The molecule has 0 bridgehead atoms. The van der Waals surface area contributed by atoms with Crippen molar-refractivity contribution in [2.24, 2.45) is 11.3 Å². The Morgan fingerprint density at radius 1 is 1.43 bits per heavy atom. The molecule has 0 aliphatic heterocycles. The second-order valence-corrected chi connectivity index (χ2v) is 4.69. The molecule has 0 spiro atoms. The molecule has 0 aromatic rings. The lowest BCUT2D eigenvalue weighted by Gasteiger charge is -2.47. The van der Waals surface area contributed by atoms with Crippen molar-refractivity contribution in [2.75, 3.05) is 26.8 Å². The predicted molar refractivity (Wildman–Crippen MR) is 60.5 cm³/mol. The van der Waals surface area contributed by atoms with Crippen LogP contribution in [0.5, 0.6) is 0 Å². The summed E-state index contributed by atoms with van der Waals surface area (Å²) in [5.41, 5.74) is 0.614. The lowest BCUT2D eigenvalue weighted by molar-refractivity contribution is 0.0536. The van der Waals surface area contributed by atoms with E-state index in [1.54, 1.807) is 7.11 Å². The minimum Gasteiger partial charge on any atom is -0.383 e. The first kappa shape index (κ1) is 12.0. The third-order valence-corrected chi connectivity index (χ3v) is 3.97. The smallest absolute Gasteiger partial charge is 0.0587 e. The fourth-order valence-corrected chi connectivity index (χ4v) is 2.42. The van der Waals surface area contributed by atoms with E-state index in [1.807, 2.05) is 0 Å². The lowest BCUT2D eigenvalue weighted by atomic mass is 9.61. The van der Waals surface area contributed by atoms with Gasteiger partial charge in [0.15, 0.2) is 0 Å². The van der Waals surface area contributed by atoms with E-state index in [-0.39, 0.29) is 0 Å². The Morgan fingerprint density at radius 3 is 2.57 bits per heavy atom. The minimum atomic E-state index is 0.614.